The summed E-state index contributed by atoms with van der Waals surface area (Å²) in [5.74, 6) is 5.50. The molecular weight excluding hydrogens is 180 g/mol. The summed E-state index contributed by atoms with van der Waals surface area (Å²) in [7, 11) is 0. The Morgan fingerprint density at radius 2 is 2.29 bits per heavy atom. The van der Waals surface area contributed by atoms with Crippen molar-refractivity contribution >= 4 is 0 Å². The second kappa shape index (κ2) is 7.17. The Labute approximate surface area is 86.1 Å². The van der Waals surface area contributed by atoms with E-state index in [1.54, 1.807) is 0 Å². The van der Waals surface area contributed by atoms with Crippen molar-refractivity contribution in [2.24, 2.45) is 5.84 Å². The highest BCUT2D eigenvalue weighted by Crippen LogP contribution is 2.11. The zero-order chi connectivity index (χ0) is 10.2. The summed E-state index contributed by atoms with van der Waals surface area (Å²) < 4.78 is 10.9. The average molecular weight is 202 g/mol. The minimum Gasteiger partial charge on any atom is -0.376 e. The van der Waals surface area contributed by atoms with E-state index in [0.717, 1.165) is 6.42 Å². The molecule has 1 aliphatic heterocycles. The van der Waals surface area contributed by atoms with E-state index in [2.05, 4.69) is 12.3 Å². The quantitative estimate of drug-likeness (QED) is 0.380. The third-order valence-electron chi connectivity index (χ3n) is 2.62. The highest BCUT2D eigenvalue weighted by molar-refractivity contribution is 4.76. The molecule has 14 heavy (non-hydrogen) atoms. The summed E-state index contributed by atoms with van der Waals surface area (Å²) in [6, 6.07) is 0.238. The third kappa shape index (κ3) is 3.92. The van der Waals surface area contributed by atoms with Crippen LogP contribution in [0.4, 0.5) is 0 Å². The van der Waals surface area contributed by atoms with Gasteiger partial charge in [-0.2, -0.15) is 0 Å². The van der Waals surface area contributed by atoms with Crippen LogP contribution in [0.1, 0.15) is 32.6 Å². The van der Waals surface area contributed by atoms with Gasteiger partial charge in [0.25, 0.3) is 0 Å². The molecule has 0 radical (unpaired) electrons. The van der Waals surface area contributed by atoms with Crippen LogP contribution < -0.4 is 11.3 Å². The molecule has 0 aliphatic carbocycles. The summed E-state index contributed by atoms with van der Waals surface area (Å²) in [4.78, 5) is 0. The minimum atomic E-state index is 0.130. The van der Waals surface area contributed by atoms with Gasteiger partial charge in [-0.05, 0) is 6.42 Å². The monoisotopic (exact) mass is 202 g/mol. The van der Waals surface area contributed by atoms with E-state index in [4.69, 9.17) is 15.3 Å². The number of ether oxygens (including phenoxy) is 2. The highest BCUT2D eigenvalue weighted by atomic mass is 16.6. The summed E-state index contributed by atoms with van der Waals surface area (Å²) in [6.07, 6.45) is 4.89. The van der Waals surface area contributed by atoms with E-state index in [-0.39, 0.29) is 12.1 Å². The molecule has 0 saturated carbocycles. The number of rotatable bonds is 6. The lowest BCUT2D eigenvalue weighted by molar-refractivity contribution is -0.102. The van der Waals surface area contributed by atoms with Gasteiger partial charge in [-0.3, -0.25) is 11.3 Å². The molecule has 1 rings (SSSR count). The van der Waals surface area contributed by atoms with Crippen LogP contribution in [0.25, 0.3) is 0 Å². The van der Waals surface area contributed by atoms with Crippen molar-refractivity contribution in [2.45, 2.75) is 44.8 Å². The predicted molar refractivity (Wildman–Crippen MR) is 55.8 cm³/mol. The summed E-state index contributed by atoms with van der Waals surface area (Å²) in [5.41, 5.74) is 2.83. The Morgan fingerprint density at radius 1 is 1.43 bits per heavy atom. The summed E-state index contributed by atoms with van der Waals surface area (Å²) in [6.45, 7) is 4.27. The van der Waals surface area contributed by atoms with Crippen molar-refractivity contribution in [1.82, 2.24) is 5.43 Å². The van der Waals surface area contributed by atoms with Gasteiger partial charge >= 0.3 is 0 Å². The Bertz CT molecular complexity index is 138. The lowest BCUT2D eigenvalue weighted by Crippen LogP contribution is -2.49. The van der Waals surface area contributed by atoms with Gasteiger partial charge in [-0.25, -0.2) is 0 Å². The van der Waals surface area contributed by atoms with Crippen LogP contribution in [0.5, 0.6) is 0 Å². The molecule has 1 saturated heterocycles. The fourth-order valence-corrected chi connectivity index (χ4v) is 1.73. The summed E-state index contributed by atoms with van der Waals surface area (Å²) >= 11 is 0. The molecule has 0 aromatic heterocycles. The van der Waals surface area contributed by atoms with Gasteiger partial charge in [0.1, 0.15) is 0 Å². The molecule has 0 bridgehead atoms. The Balaban J connectivity index is 2.21. The molecule has 4 heteroatoms. The van der Waals surface area contributed by atoms with Crippen molar-refractivity contribution in [3.8, 4) is 0 Å². The van der Waals surface area contributed by atoms with Gasteiger partial charge in [0.15, 0.2) is 0 Å². The minimum absolute atomic E-state index is 0.130. The maximum atomic E-state index is 5.59. The molecule has 0 aromatic rings. The normalized spacial score (nSPS) is 24.9. The molecular formula is C10H22N2O2. The van der Waals surface area contributed by atoms with Gasteiger partial charge < -0.3 is 9.47 Å². The van der Waals surface area contributed by atoms with E-state index < -0.39 is 0 Å². The largest absolute Gasteiger partial charge is 0.376 e. The maximum Gasteiger partial charge on any atom is 0.0975 e. The Hall–Kier alpha value is -0.160. The van der Waals surface area contributed by atoms with Gasteiger partial charge in [0.05, 0.1) is 25.9 Å². The topological polar surface area (TPSA) is 56.5 Å². The van der Waals surface area contributed by atoms with Crippen LogP contribution >= 0.6 is 0 Å². The number of nitrogens with one attached hydrogen (secondary N) is 1. The fraction of sp³-hybridized carbons (Fsp3) is 1.00. The van der Waals surface area contributed by atoms with Crippen molar-refractivity contribution in [2.75, 3.05) is 19.8 Å². The van der Waals surface area contributed by atoms with E-state index >= 15 is 0 Å². The molecule has 84 valence electrons. The predicted octanol–water partition coefficient (Wildman–Crippen LogP) is 0.814. The van der Waals surface area contributed by atoms with Crippen molar-refractivity contribution in [3.05, 3.63) is 0 Å². The standard InChI is InChI=1S/C10H22N2O2/c1-2-3-4-5-9(12-11)10-8-13-6-7-14-10/h9-10,12H,2-8,11H2,1H3. The molecule has 2 unspecified atom stereocenters. The van der Waals surface area contributed by atoms with Crippen molar-refractivity contribution in [1.29, 1.82) is 0 Å². The van der Waals surface area contributed by atoms with Crippen LogP contribution in [-0.4, -0.2) is 32.0 Å². The number of hydrogen-bond donors (Lipinski definition) is 2. The Kier molecular flexibility index (Phi) is 6.10. The zero-order valence-electron chi connectivity index (χ0n) is 9.00. The number of unbranched alkanes of at least 4 members (excludes halogenated alkanes) is 2. The molecule has 0 aromatic carbocycles. The highest BCUT2D eigenvalue weighted by Gasteiger charge is 2.23. The molecule has 3 N–H and O–H groups in total. The molecule has 4 nitrogen and oxygen atoms in total. The lowest BCUT2D eigenvalue weighted by Gasteiger charge is -2.29. The van der Waals surface area contributed by atoms with Gasteiger partial charge in [-0.15, -0.1) is 0 Å². The van der Waals surface area contributed by atoms with Gasteiger partial charge in [0.2, 0.25) is 0 Å². The average Bonchev–Trinajstić information content (AvgIpc) is 2.26. The second-order valence-electron chi connectivity index (χ2n) is 3.75. The first kappa shape index (κ1) is 11.9. The van der Waals surface area contributed by atoms with Crippen molar-refractivity contribution in [3.63, 3.8) is 0 Å². The van der Waals surface area contributed by atoms with E-state index in [0.29, 0.717) is 19.8 Å². The van der Waals surface area contributed by atoms with Crippen molar-refractivity contribution < 1.29 is 9.47 Å². The zero-order valence-corrected chi connectivity index (χ0v) is 9.00. The smallest absolute Gasteiger partial charge is 0.0975 e. The first-order valence-corrected chi connectivity index (χ1v) is 5.54. The van der Waals surface area contributed by atoms with Crippen LogP contribution in [0, 0.1) is 0 Å². The van der Waals surface area contributed by atoms with E-state index in [1.807, 2.05) is 0 Å². The lowest BCUT2D eigenvalue weighted by atomic mass is 10.0. The van der Waals surface area contributed by atoms with Crippen LogP contribution in [0.3, 0.4) is 0 Å². The molecule has 2 atom stereocenters. The van der Waals surface area contributed by atoms with Crippen LogP contribution in [0.15, 0.2) is 0 Å². The third-order valence-corrected chi connectivity index (χ3v) is 2.62. The van der Waals surface area contributed by atoms with E-state index in [1.165, 1.54) is 19.3 Å². The molecule has 1 fully saturated rings. The molecule has 1 aliphatic rings. The van der Waals surface area contributed by atoms with Crippen LogP contribution in [0.2, 0.25) is 0 Å². The molecule has 1 heterocycles. The SMILES string of the molecule is CCCCCC(NN)C1COCCO1. The molecule has 0 amide bonds. The summed E-state index contributed by atoms with van der Waals surface area (Å²) in [5, 5.41) is 0. The number of nitrogens with two attached hydrogens (primary N) is 1. The maximum absolute atomic E-state index is 5.59. The first-order chi connectivity index (χ1) is 6.88. The first-order valence-electron chi connectivity index (χ1n) is 5.54. The fourth-order valence-electron chi connectivity index (χ4n) is 1.73. The van der Waals surface area contributed by atoms with E-state index in [9.17, 15) is 0 Å². The number of hydrazine groups is 1. The van der Waals surface area contributed by atoms with Crippen LogP contribution in [-0.2, 0) is 9.47 Å². The number of hydrogen-bond acceptors (Lipinski definition) is 4. The molecule has 0 spiro atoms. The second-order valence-corrected chi connectivity index (χ2v) is 3.75. The van der Waals surface area contributed by atoms with Gasteiger partial charge in [-0.1, -0.05) is 26.2 Å². The Morgan fingerprint density at radius 3 is 2.86 bits per heavy atom. The van der Waals surface area contributed by atoms with Gasteiger partial charge in [0, 0.05) is 6.04 Å².